The molecule has 200 valence electrons. The van der Waals surface area contributed by atoms with Crippen LogP contribution in [-0.4, -0.2) is 51.2 Å². The summed E-state index contributed by atoms with van der Waals surface area (Å²) in [6, 6.07) is 6.41. The fraction of sp³-hybridized carbons (Fsp3) is 0.364. The van der Waals surface area contributed by atoms with E-state index in [1.54, 1.807) is 22.8 Å². The van der Waals surface area contributed by atoms with Crippen LogP contribution in [0.4, 0.5) is 15.8 Å². The molecule has 0 unspecified atom stereocenters. The molecule has 1 fully saturated rings. The zero-order valence-electron chi connectivity index (χ0n) is 19.3. The quantitative estimate of drug-likeness (QED) is 0.144. The minimum absolute atomic E-state index is 0.0526. The molecule has 0 radical (unpaired) electrons. The van der Waals surface area contributed by atoms with Gasteiger partial charge in [0, 0.05) is 11.1 Å². The minimum Gasteiger partial charge on any atom is -0.376 e. The molecular weight excluding hydrogens is 598 g/mol. The number of hydrogen-bond donors (Lipinski definition) is 4. The molecule has 0 spiro atoms. The van der Waals surface area contributed by atoms with Crippen LogP contribution in [0.2, 0.25) is 5.02 Å². The molecule has 15 heteroatoms. The SMILES string of the molecule is O=C(NOCCOP(=O)(O)O)c1cc2c(ncn2C[C@@H]2CCCCO2)c(F)c1Nc1ccc(Br)cc1Cl. The van der Waals surface area contributed by atoms with Gasteiger partial charge in [-0.2, -0.15) is 0 Å². The molecular formula is C22H24BrClFN4O7P. The Kier molecular flexibility index (Phi) is 9.20. The van der Waals surface area contributed by atoms with Crippen molar-refractivity contribution >= 4 is 63.7 Å². The highest BCUT2D eigenvalue weighted by Crippen LogP contribution is 2.36. The maximum atomic E-state index is 15.8. The van der Waals surface area contributed by atoms with Gasteiger partial charge in [0.25, 0.3) is 5.91 Å². The van der Waals surface area contributed by atoms with Crippen molar-refractivity contribution in [2.45, 2.75) is 31.9 Å². The van der Waals surface area contributed by atoms with Gasteiger partial charge in [-0.3, -0.25) is 14.2 Å². The van der Waals surface area contributed by atoms with E-state index in [9.17, 15) is 9.36 Å². The molecule has 1 saturated heterocycles. The van der Waals surface area contributed by atoms with E-state index in [-0.39, 0.29) is 34.5 Å². The number of nitrogens with zero attached hydrogens (tertiary/aromatic N) is 2. The smallest absolute Gasteiger partial charge is 0.376 e. The second-order valence-electron chi connectivity index (χ2n) is 8.22. The fourth-order valence-electron chi connectivity index (χ4n) is 3.87. The van der Waals surface area contributed by atoms with Crippen molar-refractivity contribution in [2.75, 3.05) is 25.1 Å². The van der Waals surface area contributed by atoms with Gasteiger partial charge >= 0.3 is 7.82 Å². The number of anilines is 2. The summed E-state index contributed by atoms with van der Waals surface area (Å²) < 4.78 is 39.1. The normalized spacial score (nSPS) is 16.2. The van der Waals surface area contributed by atoms with E-state index in [4.69, 9.17) is 31.0 Å². The zero-order valence-corrected chi connectivity index (χ0v) is 22.6. The topological polar surface area (TPSA) is 144 Å². The highest BCUT2D eigenvalue weighted by atomic mass is 79.9. The summed E-state index contributed by atoms with van der Waals surface area (Å²) in [5, 5.41) is 3.16. The molecule has 0 bridgehead atoms. The number of carbonyl (C=O) groups is 1. The summed E-state index contributed by atoms with van der Waals surface area (Å²) in [6.45, 7) is 0.258. The van der Waals surface area contributed by atoms with Crippen LogP contribution in [0.5, 0.6) is 0 Å². The van der Waals surface area contributed by atoms with Gasteiger partial charge in [-0.25, -0.2) is 19.4 Å². The average Bonchev–Trinajstić information content (AvgIpc) is 3.24. The number of rotatable bonds is 10. The fourth-order valence-corrected chi connectivity index (χ4v) is 4.90. The number of ether oxygens (including phenoxy) is 1. The number of carbonyl (C=O) groups excluding carboxylic acids is 1. The molecule has 4 N–H and O–H groups in total. The molecule has 0 saturated carbocycles. The number of aromatic nitrogens is 2. The number of hydroxylamine groups is 1. The van der Waals surface area contributed by atoms with E-state index in [0.29, 0.717) is 28.8 Å². The Labute approximate surface area is 224 Å². The Bertz CT molecular complexity index is 1330. The van der Waals surface area contributed by atoms with Crippen LogP contribution in [-0.2, 0) is 25.2 Å². The Hall–Kier alpha value is -2.09. The van der Waals surface area contributed by atoms with E-state index < -0.39 is 26.2 Å². The van der Waals surface area contributed by atoms with E-state index in [1.807, 2.05) is 0 Å². The third kappa shape index (κ3) is 7.27. The second-order valence-corrected chi connectivity index (χ2v) is 10.8. The number of nitrogens with one attached hydrogen (secondary N) is 2. The molecule has 1 aliphatic heterocycles. The molecule has 1 aromatic heterocycles. The second kappa shape index (κ2) is 12.2. The number of imidazole rings is 1. The van der Waals surface area contributed by atoms with Crippen LogP contribution in [0, 0.1) is 5.82 Å². The van der Waals surface area contributed by atoms with Gasteiger partial charge in [-0.05, 0) is 43.5 Å². The summed E-state index contributed by atoms with van der Waals surface area (Å²) >= 11 is 9.61. The van der Waals surface area contributed by atoms with Crippen LogP contribution < -0.4 is 10.8 Å². The Morgan fingerprint density at radius 3 is 2.84 bits per heavy atom. The Balaban J connectivity index is 1.64. The van der Waals surface area contributed by atoms with Gasteiger partial charge in [0.05, 0.1) is 59.7 Å². The third-order valence-electron chi connectivity index (χ3n) is 5.58. The maximum absolute atomic E-state index is 15.8. The van der Waals surface area contributed by atoms with Gasteiger partial charge in [-0.15, -0.1) is 0 Å². The average molecular weight is 622 g/mol. The summed E-state index contributed by atoms with van der Waals surface area (Å²) in [7, 11) is -4.68. The predicted octanol–water partition coefficient (Wildman–Crippen LogP) is 4.67. The molecule has 37 heavy (non-hydrogen) atoms. The highest BCUT2D eigenvalue weighted by Gasteiger charge is 2.24. The first-order chi connectivity index (χ1) is 17.6. The van der Waals surface area contributed by atoms with E-state index in [0.717, 1.165) is 19.3 Å². The maximum Gasteiger partial charge on any atom is 0.469 e. The lowest BCUT2D eigenvalue weighted by molar-refractivity contribution is 0.00660. The molecule has 11 nitrogen and oxygen atoms in total. The largest absolute Gasteiger partial charge is 0.469 e. The summed E-state index contributed by atoms with van der Waals surface area (Å²) in [5.74, 6) is -1.58. The predicted molar refractivity (Wildman–Crippen MR) is 137 cm³/mol. The van der Waals surface area contributed by atoms with Gasteiger partial charge < -0.3 is 24.4 Å². The number of phosphoric ester groups is 1. The van der Waals surface area contributed by atoms with Crippen molar-refractivity contribution in [2.24, 2.45) is 0 Å². The van der Waals surface area contributed by atoms with Crippen molar-refractivity contribution < 1.29 is 37.6 Å². The summed E-state index contributed by atoms with van der Waals surface area (Å²) in [6.07, 6.45) is 4.34. The zero-order chi connectivity index (χ0) is 26.6. The van der Waals surface area contributed by atoms with Crippen molar-refractivity contribution in [1.82, 2.24) is 15.0 Å². The molecule has 1 amide bonds. The number of amides is 1. The number of phosphoric acid groups is 1. The van der Waals surface area contributed by atoms with Crippen LogP contribution in [0.1, 0.15) is 29.6 Å². The van der Waals surface area contributed by atoms with E-state index >= 15 is 4.39 Å². The van der Waals surface area contributed by atoms with Crippen LogP contribution in [0.15, 0.2) is 35.1 Å². The first-order valence-electron chi connectivity index (χ1n) is 11.3. The summed E-state index contributed by atoms with van der Waals surface area (Å²) in [4.78, 5) is 39.7. The van der Waals surface area contributed by atoms with Crippen LogP contribution in [0.25, 0.3) is 11.0 Å². The van der Waals surface area contributed by atoms with Gasteiger partial charge in [0.2, 0.25) is 0 Å². The molecule has 2 aromatic carbocycles. The number of halogens is 3. The first kappa shape index (κ1) is 27.9. The molecule has 3 aromatic rings. The first-order valence-corrected chi connectivity index (χ1v) is 14.0. The molecule has 1 aliphatic rings. The lowest BCUT2D eigenvalue weighted by Crippen LogP contribution is -2.27. The van der Waals surface area contributed by atoms with Gasteiger partial charge in [0.15, 0.2) is 5.82 Å². The molecule has 4 rings (SSSR count). The standard InChI is InChI=1S/C22H24BrClFN4O7P/c23-13-4-5-17(16(24)9-13)27-20-15(22(30)28-35-7-8-36-37(31,32)33)10-18-21(19(20)25)26-12-29(18)11-14-3-1-2-6-34-14/h4-5,9-10,12,14,27H,1-3,6-8,11H2,(H,28,30)(H2,31,32,33)/t14-/m0/s1. The number of benzene rings is 2. The van der Waals surface area contributed by atoms with Crippen LogP contribution in [0.3, 0.4) is 0 Å². The monoisotopic (exact) mass is 620 g/mol. The van der Waals surface area contributed by atoms with Crippen molar-refractivity contribution in [3.05, 3.63) is 51.5 Å². The summed E-state index contributed by atoms with van der Waals surface area (Å²) in [5.41, 5.74) is 2.65. The van der Waals surface area contributed by atoms with Crippen LogP contribution >= 0.6 is 35.4 Å². The van der Waals surface area contributed by atoms with Gasteiger partial charge in [0.1, 0.15) is 5.52 Å². The molecule has 1 atom stereocenters. The number of hydrogen-bond acceptors (Lipinski definition) is 7. The van der Waals surface area contributed by atoms with E-state index in [1.165, 1.54) is 12.4 Å². The molecule has 0 aliphatic carbocycles. The van der Waals surface area contributed by atoms with Crippen molar-refractivity contribution in [1.29, 1.82) is 0 Å². The van der Waals surface area contributed by atoms with Gasteiger partial charge in [-0.1, -0.05) is 27.5 Å². The Morgan fingerprint density at radius 2 is 2.14 bits per heavy atom. The van der Waals surface area contributed by atoms with Crippen molar-refractivity contribution in [3.63, 3.8) is 0 Å². The third-order valence-corrected chi connectivity index (χ3v) is 6.90. The number of fused-ring (bicyclic) bond motifs is 1. The van der Waals surface area contributed by atoms with Crippen molar-refractivity contribution in [3.8, 4) is 0 Å². The lowest BCUT2D eigenvalue weighted by atomic mass is 10.1. The lowest BCUT2D eigenvalue weighted by Gasteiger charge is -2.23. The van der Waals surface area contributed by atoms with E-state index in [2.05, 4.69) is 36.2 Å². The highest BCUT2D eigenvalue weighted by molar-refractivity contribution is 9.10. The Morgan fingerprint density at radius 1 is 1.32 bits per heavy atom. The molecule has 2 heterocycles. The minimum atomic E-state index is -4.68.